The van der Waals surface area contributed by atoms with Gasteiger partial charge < -0.3 is 15.4 Å². The molecule has 1 aliphatic rings. The highest BCUT2D eigenvalue weighted by Crippen LogP contribution is 2.41. The molecule has 0 saturated heterocycles. The van der Waals surface area contributed by atoms with Gasteiger partial charge in [0.2, 0.25) is 0 Å². The van der Waals surface area contributed by atoms with Crippen LogP contribution in [0.15, 0.2) is 73.1 Å². The standard InChI is InChI=1S/C29H27F3N6O2S/c1-3-18-6-4-5-17(2)25(18)35-28(41)36-27(39)34-24-15-23(24)19-7-9-20(10-8-19)26-33-16-38(37-26)21-11-13-22(14-12-21)40-29(30,31)32/h4-14,16,23-24H,3,15H2,1-2H3,(H3,34,35,36,39,41). The van der Waals surface area contributed by atoms with E-state index in [1.54, 1.807) is 0 Å². The fourth-order valence-electron chi connectivity index (χ4n) is 4.58. The number of urea groups is 1. The zero-order chi connectivity index (χ0) is 29.1. The molecule has 3 aromatic carbocycles. The minimum Gasteiger partial charge on any atom is -0.406 e. The van der Waals surface area contributed by atoms with E-state index in [4.69, 9.17) is 12.2 Å². The van der Waals surface area contributed by atoms with Gasteiger partial charge in [-0.25, -0.2) is 14.5 Å². The molecular weight excluding hydrogens is 553 g/mol. The van der Waals surface area contributed by atoms with Gasteiger partial charge in [-0.1, -0.05) is 49.4 Å². The Kier molecular flexibility index (Phi) is 7.93. The Morgan fingerprint density at radius 2 is 1.83 bits per heavy atom. The van der Waals surface area contributed by atoms with Gasteiger partial charge in [0.05, 0.1) is 5.69 Å². The highest BCUT2D eigenvalue weighted by molar-refractivity contribution is 7.80. The maximum atomic E-state index is 12.5. The Morgan fingerprint density at radius 1 is 1.10 bits per heavy atom. The van der Waals surface area contributed by atoms with Gasteiger partial charge in [-0.15, -0.1) is 18.3 Å². The van der Waals surface area contributed by atoms with Crippen LogP contribution >= 0.6 is 12.2 Å². The van der Waals surface area contributed by atoms with Crippen LogP contribution in [0, 0.1) is 6.92 Å². The number of benzene rings is 3. The fourth-order valence-corrected chi connectivity index (χ4v) is 4.77. The lowest BCUT2D eigenvalue weighted by molar-refractivity contribution is -0.274. The predicted molar refractivity (Wildman–Crippen MR) is 153 cm³/mol. The summed E-state index contributed by atoms with van der Waals surface area (Å²) < 4.78 is 42.5. The van der Waals surface area contributed by atoms with Gasteiger partial charge in [-0.05, 0) is 72.9 Å². The number of alkyl halides is 3. The molecule has 2 atom stereocenters. The number of para-hydroxylation sites is 1. The van der Waals surface area contributed by atoms with Gasteiger partial charge in [-0.2, -0.15) is 0 Å². The molecule has 3 N–H and O–H groups in total. The average Bonchev–Trinajstić information content (AvgIpc) is 3.50. The van der Waals surface area contributed by atoms with E-state index >= 15 is 0 Å². The number of carbonyl (C=O) groups is 1. The number of anilines is 1. The summed E-state index contributed by atoms with van der Waals surface area (Å²) in [6.07, 6.45) is -1.60. The van der Waals surface area contributed by atoms with Crippen molar-refractivity contribution in [3.05, 3.63) is 89.7 Å². The first kappa shape index (κ1) is 28.1. The Hall–Kier alpha value is -4.45. The predicted octanol–water partition coefficient (Wildman–Crippen LogP) is 6.26. The Balaban J connectivity index is 1.13. The molecule has 1 heterocycles. The summed E-state index contributed by atoms with van der Waals surface area (Å²) in [5, 5.41) is 13.5. The summed E-state index contributed by atoms with van der Waals surface area (Å²) in [6.45, 7) is 4.06. The highest BCUT2D eigenvalue weighted by Gasteiger charge is 2.39. The van der Waals surface area contributed by atoms with Crippen LogP contribution in [0.25, 0.3) is 17.1 Å². The molecule has 0 spiro atoms. The molecule has 0 aliphatic heterocycles. The van der Waals surface area contributed by atoms with Crippen LogP contribution in [-0.2, 0) is 6.42 Å². The number of hydrogen-bond donors (Lipinski definition) is 3. The molecule has 1 fully saturated rings. The number of carbonyl (C=O) groups excluding carboxylic acids is 1. The molecule has 1 aromatic heterocycles. The van der Waals surface area contributed by atoms with Crippen LogP contribution in [-0.4, -0.2) is 38.3 Å². The zero-order valence-corrected chi connectivity index (χ0v) is 23.0. The number of nitrogens with zero attached hydrogens (tertiary/aromatic N) is 3. The number of rotatable bonds is 7. The molecular formula is C29H27F3N6O2S. The van der Waals surface area contributed by atoms with Gasteiger partial charge in [0.25, 0.3) is 0 Å². The van der Waals surface area contributed by atoms with Crippen LogP contribution < -0.4 is 20.7 Å². The summed E-state index contributed by atoms with van der Waals surface area (Å²) in [5.74, 6) is 0.343. The smallest absolute Gasteiger partial charge is 0.406 e. The van der Waals surface area contributed by atoms with E-state index in [1.165, 1.54) is 35.3 Å². The Labute approximate surface area is 239 Å². The molecule has 0 bridgehead atoms. The Morgan fingerprint density at radius 3 is 2.51 bits per heavy atom. The van der Waals surface area contributed by atoms with E-state index in [1.807, 2.05) is 49.4 Å². The minimum atomic E-state index is -4.75. The number of hydrogen-bond acceptors (Lipinski definition) is 5. The summed E-state index contributed by atoms with van der Waals surface area (Å²) >= 11 is 5.35. The van der Waals surface area contributed by atoms with Crippen molar-refractivity contribution in [1.82, 2.24) is 25.4 Å². The van der Waals surface area contributed by atoms with Gasteiger partial charge in [0, 0.05) is 23.2 Å². The first-order valence-corrected chi connectivity index (χ1v) is 13.4. The van der Waals surface area contributed by atoms with Crippen molar-refractivity contribution in [2.45, 2.75) is 45.0 Å². The number of thiocarbonyl (C=S) groups is 1. The van der Waals surface area contributed by atoms with Crippen molar-refractivity contribution in [1.29, 1.82) is 0 Å². The molecule has 12 heteroatoms. The molecule has 1 aliphatic carbocycles. The van der Waals surface area contributed by atoms with Crippen LogP contribution in [0.4, 0.5) is 23.7 Å². The lowest BCUT2D eigenvalue weighted by Gasteiger charge is -2.15. The quantitative estimate of drug-likeness (QED) is 0.224. The molecule has 8 nitrogen and oxygen atoms in total. The van der Waals surface area contributed by atoms with Crippen LogP contribution in [0.1, 0.15) is 36.0 Å². The lowest BCUT2D eigenvalue weighted by atomic mass is 10.1. The number of amides is 2. The molecule has 1 saturated carbocycles. The van der Waals surface area contributed by atoms with E-state index < -0.39 is 6.36 Å². The number of ether oxygens (including phenoxy) is 1. The number of nitrogens with one attached hydrogen (secondary N) is 3. The fraction of sp³-hybridized carbons (Fsp3) is 0.241. The van der Waals surface area contributed by atoms with E-state index in [0.717, 1.165) is 40.8 Å². The molecule has 0 radical (unpaired) electrons. The van der Waals surface area contributed by atoms with Crippen molar-refractivity contribution in [2.24, 2.45) is 0 Å². The summed E-state index contributed by atoms with van der Waals surface area (Å²) in [6, 6.07) is 18.8. The lowest BCUT2D eigenvalue weighted by Crippen LogP contribution is -2.42. The first-order chi connectivity index (χ1) is 19.6. The van der Waals surface area contributed by atoms with Gasteiger partial charge >= 0.3 is 12.4 Å². The average molecular weight is 581 g/mol. The number of aromatic nitrogens is 3. The summed E-state index contributed by atoms with van der Waals surface area (Å²) in [5.41, 5.74) is 5.49. The van der Waals surface area contributed by atoms with Crippen molar-refractivity contribution in [2.75, 3.05) is 5.32 Å². The maximum absolute atomic E-state index is 12.5. The zero-order valence-electron chi connectivity index (χ0n) is 22.2. The molecule has 4 aromatic rings. The topological polar surface area (TPSA) is 93.1 Å². The second-order valence-electron chi connectivity index (χ2n) is 9.64. The second kappa shape index (κ2) is 11.6. The molecule has 212 valence electrons. The highest BCUT2D eigenvalue weighted by atomic mass is 32.1. The van der Waals surface area contributed by atoms with Gasteiger partial charge in [-0.3, -0.25) is 5.32 Å². The van der Waals surface area contributed by atoms with E-state index in [-0.39, 0.29) is 28.9 Å². The maximum Gasteiger partial charge on any atom is 0.573 e. The van der Waals surface area contributed by atoms with Crippen LogP contribution in [0.2, 0.25) is 0 Å². The molecule has 2 unspecified atom stereocenters. The minimum absolute atomic E-state index is 0.00468. The van der Waals surface area contributed by atoms with Crippen molar-refractivity contribution in [3.8, 4) is 22.8 Å². The van der Waals surface area contributed by atoms with E-state index in [9.17, 15) is 18.0 Å². The molecule has 5 rings (SSSR count). The third-order valence-corrected chi connectivity index (χ3v) is 6.94. The normalized spacial score (nSPS) is 16.1. The molecule has 2 amide bonds. The van der Waals surface area contributed by atoms with Gasteiger partial charge in [0.15, 0.2) is 10.9 Å². The number of halogens is 3. The third-order valence-electron chi connectivity index (χ3n) is 6.74. The van der Waals surface area contributed by atoms with Crippen molar-refractivity contribution in [3.63, 3.8) is 0 Å². The van der Waals surface area contributed by atoms with Crippen LogP contribution in [0.5, 0.6) is 5.75 Å². The van der Waals surface area contributed by atoms with E-state index in [0.29, 0.717) is 11.5 Å². The number of aryl methyl sites for hydroxylation is 2. The van der Waals surface area contributed by atoms with E-state index in [2.05, 4.69) is 37.7 Å². The third kappa shape index (κ3) is 7.01. The van der Waals surface area contributed by atoms with Crippen molar-refractivity contribution >= 4 is 29.0 Å². The monoisotopic (exact) mass is 580 g/mol. The SMILES string of the molecule is CCc1cccc(C)c1NC(=S)NC(=O)NC1CC1c1ccc(-c2ncn(-c3ccc(OC(F)(F)F)cc3)n2)cc1. The van der Waals surface area contributed by atoms with Crippen LogP contribution in [0.3, 0.4) is 0 Å². The molecule has 41 heavy (non-hydrogen) atoms. The summed E-state index contributed by atoms with van der Waals surface area (Å²) in [4.78, 5) is 16.8. The Bertz CT molecular complexity index is 1550. The van der Waals surface area contributed by atoms with Gasteiger partial charge in [0.1, 0.15) is 12.1 Å². The first-order valence-electron chi connectivity index (χ1n) is 12.9. The largest absolute Gasteiger partial charge is 0.573 e. The van der Waals surface area contributed by atoms with Crippen molar-refractivity contribution < 1.29 is 22.7 Å². The second-order valence-corrected chi connectivity index (χ2v) is 10.0. The summed E-state index contributed by atoms with van der Waals surface area (Å²) in [7, 11) is 0.